The predicted molar refractivity (Wildman–Crippen MR) is 139 cm³/mol. The number of carbonyl (C=O) groups excluding carboxylic acids is 1. The highest BCUT2D eigenvalue weighted by Crippen LogP contribution is 2.46. The SMILES string of the molecule is Cc1cc(O)c([C@@H]2S[C@H](CO)[C@@H](O)[C@H](O)[C@H]2O)cc1Cc1ccc(CCC(=O)NC(C)(C)CO)cc1. The van der Waals surface area contributed by atoms with Gasteiger partial charge in [0.05, 0.1) is 41.5 Å². The highest BCUT2D eigenvalue weighted by molar-refractivity contribution is 8.00. The third-order valence-electron chi connectivity index (χ3n) is 6.62. The maximum atomic E-state index is 12.1. The molecule has 1 aliphatic rings. The molecule has 2 aromatic rings. The second-order valence-corrected chi connectivity index (χ2v) is 11.6. The summed E-state index contributed by atoms with van der Waals surface area (Å²) in [4.78, 5) is 12.1. The molecule has 0 aliphatic carbocycles. The van der Waals surface area contributed by atoms with Crippen LogP contribution < -0.4 is 5.32 Å². The van der Waals surface area contributed by atoms with E-state index in [2.05, 4.69) is 5.32 Å². The van der Waals surface area contributed by atoms with Crippen molar-refractivity contribution in [2.45, 2.75) is 74.4 Å². The minimum Gasteiger partial charge on any atom is -0.508 e. The van der Waals surface area contributed by atoms with Gasteiger partial charge in [0, 0.05) is 12.0 Å². The molecule has 0 saturated carbocycles. The number of nitrogens with one attached hydrogen (secondary N) is 1. The summed E-state index contributed by atoms with van der Waals surface area (Å²) in [6, 6.07) is 11.4. The number of rotatable bonds is 9. The Bertz CT molecular complexity index is 1040. The van der Waals surface area contributed by atoms with Crippen molar-refractivity contribution >= 4 is 17.7 Å². The first-order chi connectivity index (χ1) is 17.0. The van der Waals surface area contributed by atoms with Crippen molar-refractivity contribution in [3.05, 3.63) is 64.2 Å². The fourth-order valence-electron chi connectivity index (χ4n) is 4.31. The van der Waals surface area contributed by atoms with Gasteiger partial charge in [-0.25, -0.2) is 0 Å². The molecule has 0 unspecified atom stereocenters. The van der Waals surface area contributed by atoms with E-state index in [0.717, 1.165) is 34.0 Å². The lowest BCUT2D eigenvalue weighted by atomic mass is 9.92. The van der Waals surface area contributed by atoms with Gasteiger partial charge < -0.3 is 36.0 Å². The van der Waals surface area contributed by atoms with Crippen LogP contribution in [0.1, 0.15) is 53.3 Å². The molecule has 0 radical (unpaired) electrons. The Hall–Kier alpha value is -2.14. The van der Waals surface area contributed by atoms with Crippen LogP contribution in [0.4, 0.5) is 0 Å². The van der Waals surface area contributed by atoms with Gasteiger partial charge in [0.1, 0.15) is 11.9 Å². The van der Waals surface area contributed by atoms with Gasteiger partial charge >= 0.3 is 0 Å². The number of hydrogen-bond donors (Lipinski definition) is 7. The minimum absolute atomic E-state index is 0.00826. The van der Waals surface area contributed by atoms with Crippen molar-refractivity contribution in [3.63, 3.8) is 0 Å². The van der Waals surface area contributed by atoms with E-state index in [1.807, 2.05) is 37.3 Å². The largest absolute Gasteiger partial charge is 0.508 e. The topological polar surface area (TPSA) is 150 Å². The van der Waals surface area contributed by atoms with Gasteiger partial charge in [-0.1, -0.05) is 30.3 Å². The van der Waals surface area contributed by atoms with Crippen molar-refractivity contribution in [2.75, 3.05) is 13.2 Å². The van der Waals surface area contributed by atoms with Crippen molar-refractivity contribution in [1.29, 1.82) is 0 Å². The normalized spacial score (nSPS) is 24.5. The van der Waals surface area contributed by atoms with E-state index >= 15 is 0 Å². The highest BCUT2D eigenvalue weighted by Gasteiger charge is 2.44. The maximum Gasteiger partial charge on any atom is 0.220 e. The Labute approximate surface area is 216 Å². The number of hydrogen-bond acceptors (Lipinski definition) is 8. The minimum atomic E-state index is -1.43. The van der Waals surface area contributed by atoms with Crippen molar-refractivity contribution in [1.82, 2.24) is 5.32 Å². The molecule has 7 N–H and O–H groups in total. The predicted octanol–water partition coefficient (Wildman–Crippen LogP) is 1.34. The fourth-order valence-corrected chi connectivity index (χ4v) is 5.76. The van der Waals surface area contributed by atoms with E-state index in [-0.39, 0.29) is 24.9 Å². The molecule has 5 atom stereocenters. The summed E-state index contributed by atoms with van der Waals surface area (Å²) in [6.07, 6.45) is -2.51. The number of carbonyl (C=O) groups is 1. The van der Waals surface area contributed by atoms with Crippen molar-refractivity contribution < 1.29 is 35.4 Å². The van der Waals surface area contributed by atoms with Crippen LogP contribution in [-0.2, 0) is 17.6 Å². The molecule has 9 heteroatoms. The van der Waals surface area contributed by atoms with Gasteiger partial charge in [0.15, 0.2) is 0 Å². The van der Waals surface area contributed by atoms with E-state index in [9.17, 15) is 35.4 Å². The van der Waals surface area contributed by atoms with Gasteiger partial charge in [0.2, 0.25) is 5.91 Å². The van der Waals surface area contributed by atoms with E-state index in [1.54, 1.807) is 19.9 Å². The molecule has 198 valence electrons. The third-order valence-corrected chi connectivity index (χ3v) is 8.22. The Morgan fingerprint density at radius 2 is 1.64 bits per heavy atom. The van der Waals surface area contributed by atoms with E-state index in [4.69, 9.17) is 0 Å². The maximum absolute atomic E-state index is 12.1. The molecule has 8 nitrogen and oxygen atoms in total. The number of aryl methyl sites for hydroxylation is 2. The Kier molecular flexibility index (Phi) is 9.43. The lowest BCUT2D eigenvalue weighted by molar-refractivity contribution is -0.123. The van der Waals surface area contributed by atoms with Gasteiger partial charge in [-0.15, -0.1) is 11.8 Å². The smallest absolute Gasteiger partial charge is 0.220 e. The Morgan fingerprint density at radius 3 is 2.25 bits per heavy atom. The standard InChI is InChI=1S/C27H37NO7S/c1-15-10-20(31)19(26-25(35)24(34)23(33)21(13-29)36-26)12-18(15)11-17-6-4-16(5-7-17)8-9-22(32)28-27(2,3)14-30/h4-7,10,12,21,23-26,29-31,33-35H,8-9,11,13-14H2,1-3H3,(H,28,32)/t21-,23-,24+,25-,26+/m1/s1. The quantitative estimate of drug-likeness (QED) is 0.262. The first-order valence-electron chi connectivity index (χ1n) is 12.1. The monoisotopic (exact) mass is 519 g/mol. The summed E-state index contributed by atoms with van der Waals surface area (Å²) in [6.45, 7) is 4.92. The van der Waals surface area contributed by atoms with Crippen LogP contribution >= 0.6 is 11.8 Å². The average molecular weight is 520 g/mol. The molecule has 0 aromatic heterocycles. The molecule has 1 heterocycles. The molecular weight excluding hydrogens is 482 g/mol. The first kappa shape index (κ1) is 28.4. The van der Waals surface area contributed by atoms with E-state index < -0.39 is 34.4 Å². The lowest BCUT2D eigenvalue weighted by Gasteiger charge is -2.40. The Morgan fingerprint density at radius 1 is 1.00 bits per heavy atom. The number of thioether (sulfide) groups is 1. The number of aromatic hydroxyl groups is 1. The number of phenolic OH excluding ortho intramolecular Hbond substituents is 1. The molecular formula is C27H37NO7S. The zero-order chi connectivity index (χ0) is 26.6. The summed E-state index contributed by atoms with van der Waals surface area (Å²) in [5, 5.41) is 61.8. The second-order valence-electron chi connectivity index (χ2n) is 10.2. The Balaban J connectivity index is 1.71. The molecule has 1 amide bonds. The van der Waals surface area contributed by atoms with Crippen LogP contribution in [0.3, 0.4) is 0 Å². The molecule has 36 heavy (non-hydrogen) atoms. The first-order valence-corrected chi connectivity index (χ1v) is 13.0. The second kappa shape index (κ2) is 11.9. The van der Waals surface area contributed by atoms with Crippen LogP contribution in [0.25, 0.3) is 0 Å². The number of phenols is 1. The van der Waals surface area contributed by atoms with Crippen LogP contribution in [0.5, 0.6) is 5.75 Å². The summed E-state index contributed by atoms with van der Waals surface area (Å²) in [5.41, 5.74) is 3.66. The van der Waals surface area contributed by atoms with E-state index in [0.29, 0.717) is 24.8 Å². The van der Waals surface area contributed by atoms with Crippen LogP contribution in [0.15, 0.2) is 36.4 Å². The zero-order valence-corrected chi connectivity index (χ0v) is 21.7. The van der Waals surface area contributed by atoms with E-state index in [1.165, 1.54) is 0 Å². The summed E-state index contributed by atoms with van der Waals surface area (Å²) >= 11 is 1.14. The molecule has 1 saturated heterocycles. The van der Waals surface area contributed by atoms with Gasteiger partial charge in [0.25, 0.3) is 0 Å². The van der Waals surface area contributed by atoms with Crippen molar-refractivity contribution in [2.24, 2.45) is 0 Å². The number of amides is 1. The summed E-state index contributed by atoms with van der Waals surface area (Å²) in [5.74, 6) is -0.125. The molecule has 3 rings (SSSR count). The van der Waals surface area contributed by atoms with Gasteiger partial charge in [-0.2, -0.15) is 0 Å². The van der Waals surface area contributed by atoms with Crippen LogP contribution in [0, 0.1) is 6.92 Å². The van der Waals surface area contributed by atoms with Crippen LogP contribution in [-0.4, -0.2) is 78.9 Å². The number of benzene rings is 2. The third kappa shape index (κ3) is 6.79. The average Bonchev–Trinajstić information content (AvgIpc) is 2.84. The van der Waals surface area contributed by atoms with Gasteiger partial charge in [-0.05, 0) is 61.9 Å². The summed E-state index contributed by atoms with van der Waals surface area (Å²) < 4.78 is 0. The van der Waals surface area contributed by atoms with Crippen LogP contribution in [0.2, 0.25) is 0 Å². The number of aliphatic hydroxyl groups excluding tert-OH is 5. The molecule has 1 fully saturated rings. The fraction of sp³-hybridized carbons (Fsp3) is 0.519. The highest BCUT2D eigenvalue weighted by atomic mass is 32.2. The summed E-state index contributed by atoms with van der Waals surface area (Å²) in [7, 11) is 0. The van der Waals surface area contributed by atoms with Gasteiger partial charge in [-0.3, -0.25) is 4.79 Å². The number of aliphatic hydroxyl groups is 5. The zero-order valence-electron chi connectivity index (χ0n) is 20.9. The molecule has 2 aromatic carbocycles. The molecule has 1 aliphatic heterocycles. The van der Waals surface area contributed by atoms with Crippen molar-refractivity contribution in [3.8, 4) is 5.75 Å². The molecule has 0 bridgehead atoms. The molecule has 0 spiro atoms. The lowest BCUT2D eigenvalue weighted by Crippen LogP contribution is -2.51.